The molecule has 0 fully saturated rings. The lowest BCUT2D eigenvalue weighted by molar-refractivity contribution is -0.144. The molecule has 13 nitrogen and oxygen atoms in total. The highest BCUT2D eigenvalue weighted by Crippen LogP contribution is 2.13. The van der Waals surface area contributed by atoms with Crippen LogP contribution in [0.2, 0.25) is 0 Å². The molecule has 0 radical (unpaired) electrons. The minimum absolute atomic E-state index is 0.119. The topological polar surface area (TPSA) is 240 Å². The predicted molar refractivity (Wildman–Crippen MR) is 109 cm³/mol. The van der Waals surface area contributed by atoms with Gasteiger partial charge in [-0.3, -0.25) is 19.2 Å². The molecule has 0 aliphatic rings. The van der Waals surface area contributed by atoms with Gasteiger partial charge in [0.1, 0.15) is 12.1 Å². The number of rotatable bonds is 11. The fraction of sp³-hybridized carbons (Fsp3) is 0.222. The zero-order valence-corrected chi connectivity index (χ0v) is 16.1. The van der Waals surface area contributed by atoms with E-state index in [1.165, 1.54) is 6.08 Å². The van der Waals surface area contributed by atoms with Crippen LogP contribution in [0.25, 0.3) is 6.08 Å². The van der Waals surface area contributed by atoms with E-state index in [1.807, 2.05) is 5.32 Å². The lowest BCUT2D eigenvalue weighted by atomic mass is 10.1. The van der Waals surface area contributed by atoms with E-state index in [2.05, 4.69) is 10.3 Å². The molecule has 3 amide bonds. The number of aliphatic carboxylic acids is 2. The quantitative estimate of drug-likeness (QED) is 0.116. The van der Waals surface area contributed by atoms with Crippen LogP contribution < -0.4 is 27.8 Å². The van der Waals surface area contributed by atoms with Gasteiger partial charge in [0.05, 0.1) is 18.5 Å². The van der Waals surface area contributed by atoms with Gasteiger partial charge in [-0.15, -0.1) is 0 Å². The third-order valence-corrected chi connectivity index (χ3v) is 3.61. The Morgan fingerprint density at radius 3 is 2.03 bits per heavy atom. The molecule has 13 heteroatoms. The molecule has 0 bridgehead atoms. The minimum atomic E-state index is -1.67. The van der Waals surface area contributed by atoms with Crippen LogP contribution in [-0.2, 0) is 24.0 Å². The number of carbonyl (C=O) groups excluding carboxylic acids is 3. The Hall–Kier alpha value is -4.42. The van der Waals surface area contributed by atoms with Crippen molar-refractivity contribution >= 4 is 47.4 Å². The minimum Gasteiger partial charge on any atom is -0.481 e. The summed E-state index contributed by atoms with van der Waals surface area (Å²) in [6.45, 7) is 0. The van der Waals surface area contributed by atoms with Crippen molar-refractivity contribution in [2.75, 3.05) is 0 Å². The first kappa shape index (κ1) is 24.6. The van der Waals surface area contributed by atoms with Crippen molar-refractivity contribution in [1.29, 1.82) is 0 Å². The molecule has 1 aromatic carbocycles. The normalized spacial score (nSPS) is 12.4. The third kappa shape index (κ3) is 9.56. The van der Waals surface area contributed by atoms with Gasteiger partial charge in [-0.2, -0.15) is 0 Å². The van der Waals surface area contributed by atoms with Crippen LogP contribution in [-0.4, -0.2) is 57.9 Å². The number of hydrogen-bond donors (Lipinski definition) is 7. The molecule has 0 heterocycles. The second-order valence-electron chi connectivity index (χ2n) is 6.19. The maximum absolute atomic E-state index is 12.2. The van der Waals surface area contributed by atoms with Crippen LogP contribution in [0.1, 0.15) is 18.4 Å². The summed E-state index contributed by atoms with van der Waals surface area (Å²) in [7, 11) is 0. The first-order valence-corrected chi connectivity index (χ1v) is 8.69. The number of nitrogens with one attached hydrogen (secondary N) is 2. The van der Waals surface area contributed by atoms with E-state index in [4.69, 9.17) is 27.4 Å². The molecule has 1 aromatic rings. The molecule has 0 aliphatic heterocycles. The van der Waals surface area contributed by atoms with Gasteiger partial charge in [-0.05, 0) is 23.8 Å². The second kappa shape index (κ2) is 11.5. The summed E-state index contributed by atoms with van der Waals surface area (Å²) in [6, 6.07) is 3.12. The number of guanidine groups is 1. The Labute approximate surface area is 176 Å². The van der Waals surface area contributed by atoms with E-state index < -0.39 is 54.6 Å². The molecule has 1 rings (SSSR count). The first-order chi connectivity index (χ1) is 14.5. The largest absolute Gasteiger partial charge is 0.481 e. The lowest BCUT2D eigenvalue weighted by Crippen LogP contribution is -2.52. The molecular weight excluding hydrogens is 412 g/mol. The number of nitrogens with zero attached hydrogens (tertiary/aromatic N) is 1. The van der Waals surface area contributed by atoms with Gasteiger partial charge in [0.25, 0.3) is 0 Å². The summed E-state index contributed by atoms with van der Waals surface area (Å²) in [5.74, 6) is -5.97. The Bertz CT molecular complexity index is 906. The average Bonchev–Trinajstić information content (AvgIpc) is 2.65. The number of benzene rings is 1. The van der Waals surface area contributed by atoms with Crippen LogP contribution >= 0.6 is 0 Å². The smallest absolute Gasteiger partial charge is 0.326 e. The van der Waals surface area contributed by atoms with E-state index in [0.717, 1.165) is 6.08 Å². The Balaban J connectivity index is 2.84. The zero-order valence-electron chi connectivity index (χ0n) is 16.1. The van der Waals surface area contributed by atoms with Gasteiger partial charge in [0, 0.05) is 6.08 Å². The van der Waals surface area contributed by atoms with Crippen molar-refractivity contribution in [3.8, 4) is 0 Å². The van der Waals surface area contributed by atoms with Crippen molar-refractivity contribution in [1.82, 2.24) is 10.6 Å². The Morgan fingerprint density at radius 1 is 0.935 bits per heavy atom. The van der Waals surface area contributed by atoms with E-state index in [9.17, 15) is 24.0 Å². The number of aliphatic imine (C=N–C) groups is 1. The lowest BCUT2D eigenvalue weighted by Gasteiger charge is -2.19. The number of hydrogen-bond acceptors (Lipinski definition) is 6. The van der Waals surface area contributed by atoms with Gasteiger partial charge in [-0.25, -0.2) is 9.79 Å². The van der Waals surface area contributed by atoms with Gasteiger partial charge in [0.2, 0.25) is 17.7 Å². The molecule has 0 aromatic heterocycles. The van der Waals surface area contributed by atoms with Gasteiger partial charge in [0.15, 0.2) is 5.96 Å². The third-order valence-electron chi connectivity index (χ3n) is 3.61. The molecule has 31 heavy (non-hydrogen) atoms. The van der Waals surface area contributed by atoms with Gasteiger partial charge < -0.3 is 38.0 Å². The SMILES string of the molecule is NC(=O)C[C@H](NC(=O)[C@H](CC(=O)O)NC(=O)C=Cc1ccc(N=C(N)N)cc1)C(=O)O. The summed E-state index contributed by atoms with van der Waals surface area (Å²) in [5.41, 5.74) is 16.5. The zero-order chi connectivity index (χ0) is 23.6. The summed E-state index contributed by atoms with van der Waals surface area (Å²) in [6.07, 6.45) is 0.916. The summed E-state index contributed by atoms with van der Waals surface area (Å²) in [5, 5.41) is 22.1. The number of nitrogens with two attached hydrogens (primary N) is 3. The monoisotopic (exact) mass is 434 g/mol. The number of carboxylic acids is 2. The molecule has 166 valence electrons. The van der Waals surface area contributed by atoms with Crippen molar-refractivity contribution in [3.63, 3.8) is 0 Å². The number of amides is 3. The second-order valence-corrected chi connectivity index (χ2v) is 6.19. The standard InChI is InChI=1S/C18H22N6O7/c19-13(25)7-12(17(30)31)24-16(29)11(8-15(27)28)23-14(26)6-3-9-1-4-10(5-2-9)22-18(20)21/h1-6,11-12H,7-8H2,(H2,19,25)(H,23,26)(H,24,29)(H,27,28)(H,30,31)(H4,20,21,22)/t11-,12-/m0/s1. The maximum Gasteiger partial charge on any atom is 0.326 e. The van der Waals surface area contributed by atoms with Crippen molar-refractivity contribution in [2.24, 2.45) is 22.2 Å². The molecule has 10 N–H and O–H groups in total. The molecule has 0 saturated heterocycles. The fourth-order valence-corrected chi connectivity index (χ4v) is 2.26. The molecule has 0 saturated carbocycles. The highest BCUT2D eigenvalue weighted by atomic mass is 16.4. The molecule has 2 atom stereocenters. The van der Waals surface area contributed by atoms with Crippen LogP contribution in [0.15, 0.2) is 35.3 Å². The molecule has 0 aliphatic carbocycles. The molecule has 0 spiro atoms. The van der Waals surface area contributed by atoms with Crippen LogP contribution in [0.4, 0.5) is 5.69 Å². The number of primary amides is 1. The van der Waals surface area contributed by atoms with Crippen molar-refractivity contribution < 1.29 is 34.2 Å². The Kier molecular flexibility index (Phi) is 9.17. The van der Waals surface area contributed by atoms with Crippen LogP contribution in [0, 0.1) is 0 Å². The molecular formula is C18H22N6O7. The summed E-state index contributed by atoms with van der Waals surface area (Å²) in [4.78, 5) is 61.3. The van der Waals surface area contributed by atoms with E-state index in [0.29, 0.717) is 11.3 Å². The van der Waals surface area contributed by atoms with Crippen LogP contribution in [0.5, 0.6) is 0 Å². The molecule has 0 unspecified atom stereocenters. The summed E-state index contributed by atoms with van der Waals surface area (Å²) >= 11 is 0. The van der Waals surface area contributed by atoms with Gasteiger partial charge >= 0.3 is 11.9 Å². The first-order valence-electron chi connectivity index (χ1n) is 8.69. The Morgan fingerprint density at radius 2 is 1.55 bits per heavy atom. The van der Waals surface area contributed by atoms with Crippen molar-refractivity contribution in [2.45, 2.75) is 24.9 Å². The van der Waals surface area contributed by atoms with E-state index in [-0.39, 0.29) is 5.96 Å². The average molecular weight is 434 g/mol. The number of carbonyl (C=O) groups is 5. The highest BCUT2D eigenvalue weighted by molar-refractivity contribution is 5.98. The highest BCUT2D eigenvalue weighted by Gasteiger charge is 2.28. The van der Waals surface area contributed by atoms with E-state index in [1.54, 1.807) is 24.3 Å². The predicted octanol–water partition coefficient (Wildman–Crippen LogP) is -1.99. The van der Waals surface area contributed by atoms with Gasteiger partial charge in [-0.1, -0.05) is 12.1 Å². The maximum atomic E-state index is 12.2. The summed E-state index contributed by atoms with van der Waals surface area (Å²) < 4.78 is 0. The fourth-order valence-electron chi connectivity index (χ4n) is 2.26. The van der Waals surface area contributed by atoms with Crippen LogP contribution in [0.3, 0.4) is 0 Å². The van der Waals surface area contributed by atoms with Crippen molar-refractivity contribution in [3.05, 3.63) is 35.9 Å². The number of carboxylic acid groups (broad SMARTS) is 2. The van der Waals surface area contributed by atoms with E-state index >= 15 is 0 Å².